The van der Waals surface area contributed by atoms with Crippen molar-refractivity contribution in [3.8, 4) is 0 Å². The van der Waals surface area contributed by atoms with Gasteiger partial charge in [-0.1, -0.05) is 43.0 Å². The summed E-state index contributed by atoms with van der Waals surface area (Å²) in [5.74, 6) is -0.282. The minimum Gasteiger partial charge on any atom is -0.342 e. The quantitative estimate of drug-likeness (QED) is 0.787. The van der Waals surface area contributed by atoms with Crippen molar-refractivity contribution in [1.82, 2.24) is 20.4 Å². The first-order valence-electron chi connectivity index (χ1n) is 10.4. The Morgan fingerprint density at radius 2 is 1.83 bits per heavy atom. The van der Waals surface area contributed by atoms with Crippen LogP contribution in [0.4, 0.5) is 4.79 Å². The van der Waals surface area contributed by atoms with Crippen molar-refractivity contribution >= 4 is 29.4 Å². The monoisotopic (exact) mass is 418 g/mol. The van der Waals surface area contributed by atoms with E-state index in [9.17, 15) is 14.4 Å². The van der Waals surface area contributed by atoms with E-state index in [0.717, 1.165) is 31.2 Å². The third-order valence-corrected chi connectivity index (χ3v) is 6.41. The Balaban J connectivity index is 1.36. The van der Waals surface area contributed by atoms with Crippen LogP contribution in [0.5, 0.6) is 0 Å². The summed E-state index contributed by atoms with van der Waals surface area (Å²) in [7, 11) is 0. The summed E-state index contributed by atoms with van der Waals surface area (Å²) in [6.07, 6.45) is 5.98. The number of carbonyl (C=O) groups is 3. The molecule has 1 aromatic carbocycles. The highest BCUT2D eigenvalue weighted by molar-refractivity contribution is 6.30. The van der Waals surface area contributed by atoms with E-state index < -0.39 is 12.1 Å². The van der Waals surface area contributed by atoms with Crippen molar-refractivity contribution in [2.45, 2.75) is 56.7 Å². The van der Waals surface area contributed by atoms with Gasteiger partial charge in [0, 0.05) is 30.6 Å². The molecule has 0 bridgehead atoms. The van der Waals surface area contributed by atoms with Crippen LogP contribution in [-0.2, 0) is 16.0 Å². The first-order chi connectivity index (χ1) is 14.0. The van der Waals surface area contributed by atoms with Crippen LogP contribution in [0.3, 0.4) is 0 Å². The normalized spacial score (nSPS) is 25.4. The van der Waals surface area contributed by atoms with Crippen LogP contribution in [0.15, 0.2) is 24.3 Å². The van der Waals surface area contributed by atoms with E-state index in [2.05, 4.69) is 10.6 Å². The average Bonchev–Trinajstić information content (AvgIpc) is 2.74. The van der Waals surface area contributed by atoms with Crippen LogP contribution in [0, 0.1) is 0 Å². The average molecular weight is 419 g/mol. The molecule has 3 fully saturated rings. The van der Waals surface area contributed by atoms with Crippen LogP contribution in [0.25, 0.3) is 0 Å². The number of nitrogens with one attached hydrogen (secondary N) is 2. The van der Waals surface area contributed by atoms with Gasteiger partial charge >= 0.3 is 6.03 Å². The van der Waals surface area contributed by atoms with Crippen molar-refractivity contribution in [3.63, 3.8) is 0 Å². The molecule has 2 aliphatic heterocycles. The predicted octanol–water partition coefficient (Wildman–Crippen LogP) is 1.94. The summed E-state index contributed by atoms with van der Waals surface area (Å²) in [5, 5.41) is 6.58. The molecule has 3 aliphatic rings. The Hall–Kier alpha value is -2.28. The minimum absolute atomic E-state index is 0.0862. The Morgan fingerprint density at radius 1 is 1.10 bits per heavy atom. The van der Waals surface area contributed by atoms with Crippen LogP contribution >= 0.6 is 11.6 Å². The molecule has 1 aromatic rings. The maximum atomic E-state index is 12.9. The topological polar surface area (TPSA) is 81.8 Å². The molecule has 2 N–H and O–H groups in total. The summed E-state index contributed by atoms with van der Waals surface area (Å²) in [4.78, 5) is 41.6. The third-order valence-electron chi connectivity index (χ3n) is 6.15. The number of nitrogens with zero attached hydrogens (tertiary/aromatic N) is 2. The van der Waals surface area contributed by atoms with Crippen molar-refractivity contribution in [3.05, 3.63) is 34.9 Å². The van der Waals surface area contributed by atoms with E-state index in [1.54, 1.807) is 21.9 Å². The van der Waals surface area contributed by atoms with Gasteiger partial charge in [-0.05, 0) is 30.5 Å². The molecule has 156 valence electrons. The standard InChI is InChI=1S/C21H27ClN4O3/c22-15-8-6-14(7-9-15)12-17-20(28)26-11-10-25(13-18(26)19(27)24-17)21(29)23-16-4-2-1-3-5-16/h6-9,16-18H,1-5,10-13H2,(H,23,29)(H,24,27)/t17-,18+/m0/s1. The zero-order valence-electron chi connectivity index (χ0n) is 16.4. The lowest BCUT2D eigenvalue weighted by Crippen LogP contribution is -2.70. The second-order valence-electron chi connectivity index (χ2n) is 8.17. The molecule has 4 amide bonds. The molecule has 2 heterocycles. The van der Waals surface area contributed by atoms with Crippen molar-refractivity contribution < 1.29 is 14.4 Å². The van der Waals surface area contributed by atoms with Crippen LogP contribution < -0.4 is 10.6 Å². The Bertz CT molecular complexity index is 779. The molecule has 2 atom stereocenters. The number of carbonyl (C=O) groups excluding carboxylic acids is 3. The molecule has 0 radical (unpaired) electrons. The summed E-state index contributed by atoms with van der Waals surface area (Å²) >= 11 is 5.92. The first-order valence-corrected chi connectivity index (χ1v) is 10.8. The number of fused-ring (bicyclic) bond motifs is 1. The maximum Gasteiger partial charge on any atom is 0.317 e. The fourth-order valence-electron chi connectivity index (χ4n) is 4.49. The van der Waals surface area contributed by atoms with Gasteiger partial charge in [-0.15, -0.1) is 0 Å². The molecule has 1 saturated carbocycles. The van der Waals surface area contributed by atoms with Crippen molar-refractivity contribution in [1.29, 1.82) is 0 Å². The highest BCUT2D eigenvalue weighted by atomic mass is 35.5. The second kappa shape index (κ2) is 8.61. The van der Waals surface area contributed by atoms with E-state index in [4.69, 9.17) is 11.6 Å². The summed E-state index contributed by atoms with van der Waals surface area (Å²) in [6, 6.07) is 6.18. The van der Waals surface area contributed by atoms with Gasteiger partial charge in [0.05, 0.1) is 6.54 Å². The second-order valence-corrected chi connectivity index (χ2v) is 8.61. The predicted molar refractivity (Wildman–Crippen MR) is 110 cm³/mol. The first kappa shape index (κ1) is 20.0. The number of benzene rings is 1. The summed E-state index contributed by atoms with van der Waals surface area (Å²) < 4.78 is 0. The smallest absolute Gasteiger partial charge is 0.317 e. The van der Waals surface area contributed by atoms with Gasteiger partial charge in [0.15, 0.2) is 0 Å². The highest BCUT2D eigenvalue weighted by Gasteiger charge is 2.44. The SMILES string of the molecule is O=C1N[C@@H](Cc2ccc(Cl)cc2)C(=O)N2CCN(C(=O)NC3CCCCC3)C[C@H]12. The molecular weight excluding hydrogens is 392 g/mol. The molecule has 7 nitrogen and oxygen atoms in total. The van der Waals surface area contributed by atoms with Gasteiger partial charge in [-0.2, -0.15) is 0 Å². The number of hydrogen-bond donors (Lipinski definition) is 2. The van der Waals surface area contributed by atoms with Crippen LogP contribution in [0.1, 0.15) is 37.7 Å². The Kier molecular flexibility index (Phi) is 5.94. The highest BCUT2D eigenvalue weighted by Crippen LogP contribution is 2.21. The van der Waals surface area contributed by atoms with Crippen LogP contribution in [0.2, 0.25) is 5.02 Å². The van der Waals surface area contributed by atoms with Gasteiger partial charge < -0.3 is 20.4 Å². The van der Waals surface area contributed by atoms with E-state index >= 15 is 0 Å². The molecular formula is C21H27ClN4O3. The zero-order valence-corrected chi connectivity index (χ0v) is 17.2. The Morgan fingerprint density at radius 3 is 2.55 bits per heavy atom. The van der Waals surface area contributed by atoms with E-state index in [1.807, 2.05) is 12.1 Å². The summed E-state index contributed by atoms with van der Waals surface area (Å²) in [5.41, 5.74) is 0.942. The molecule has 1 aliphatic carbocycles. The van der Waals surface area contributed by atoms with Gasteiger partial charge in [0.1, 0.15) is 12.1 Å². The van der Waals surface area contributed by atoms with Gasteiger partial charge in [0.2, 0.25) is 11.8 Å². The molecule has 0 spiro atoms. The number of urea groups is 1. The fourth-order valence-corrected chi connectivity index (χ4v) is 4.62. The van der Waals surface area contributed by atoms with E-state index in [1.165, 1.54) is 6.42 Å². The van der Waals surface area contributed by atoms with Gasteiger partial charge in [0.25, 0.3) is 0 Å². The van der Waals surface area contributed by atoms with Gasteiger partial charge in [-0.3, -0.25) is 9.59 Å². The largest absolute Gasteiger partial charge is 0.342 e. The number of amides is 4. The fraction of sp³-hybridized carbons (Fsp3) is 0.571. The number of rotatable bonds is 3. The number of halogens is 1. The minimum atomic E-state index is -0.616. The molecule has 29 heavy (non-hydrogen) atoms. The molecule has 4 rings (SSSR count). The lowest BCUT2D eigenvalue weighted by molar-refractivity contribution is -0.152. The number of piperazine rings is 2. The van der Waals surface area contributed by atoms with E-state index in [-0.39, 0.29) is 30.4 Å². The third kappa shape index (κ3) is 4.50. The molecule has 0 unspecified atom stereocenters. The molecule has 2 saturated heterocycles. The van der Waals surface area contributed by atoms with Crippen LogP contribution in [-0.4, -0.2) is 65.4 Å². The molecule has 0 aromatic heterocycles. The van der Waals surface area contributed by atoms with Crippen molar-refractivity contribution in [2.24, 2.45) is 0 Å². The number of hydrogen-bond acceptors (Lipinski definition) is 3. The molecule has 8 heteroatoms. The zero-order chi connectivity index (χ0) is 20.4. The lowest BCUT2D eigenvalue weighted by atomic mass is 9.95. The Labute approximate surface area is 175 Å². The van der Waals surface area contributed by atoms with E-state index in [0.29, 0.717) is 24.5 Å². The van der Waals surface area contributed by atoms with Gasteiger partial charge in [-0.25, -0.2) is 4.79 Å². The maximum absolute atomic E-state index is 12.9. The van der Waals surface area contributed by atoms with Crippen molar-refractivity contribution in [2.75, 3.05) is 19.6 Å². The lowest BCUT2D eigenvalue weighted by Gasteiger charge is -2.45. The summed E-state index contributed by atoms with van der Waals surface area (Å²) in [6.45, 7) is 1.07.